The van der Waals surface area contributed by atoms with E-state index in [-0.39, 0.29) is 25.3 Å². The highest BCUT2D eigenvalue weighted by molar-refractivity contribution is 5.95. The third kappa shape index (κ3) is 7.70. The van der Waals surface area contributed by atoms with E-state index in [1.54, 1.807) is 12.0 Å². The lowest BCUT2D eigenvalue weighted by atomic mass is 9.99. The molecular weight excluding hydrogens is 448 g/mol. The number of nitrogens with one attached hydrogen (secondary N) is 1. The van der Waals surface area contributed by atoms with E-state index in [4.69, 9.17) is 19.2 Å². The number of benzene rings is 2. The molecule has 1 atom stereocenters. The van der Waals surface area contributed by atoms with Crippen molar-refractivity contribution in [3.63, 3.8) is 0 Å². The topological polar surface area (TPSA) is 86.3 Å². The third-order valence-corrected chi connectivity index (χ3v) is 6.05. The molecule has 1 aliphatic rings. The van der Waals surface area contributed by atoms with Crippen molar-refractivity contribution in [3.8, 4) is 5.75 Å². The summed E-state index contributed by atoms with van der Waals surface area (Å²) in [7, 11) is 1.58. The Balaban J connectivity index is 1.61. The van der Waals surface area contributed by atoms with Crippen molar-refractivity contribution in [2.45, 2.75) is 58.6 Å². The molecule has 1 saturated heterocycles. The van der Waals surface area contributed by atoms with Crippen LogP contribution in [0.5, 0.6) is 5.75 Å². The van der Waals surface area contributed by atoms with Gasteiger partial charge in [-0.1, -0.05) is 44.2 Å². The fourth-order valence-corrected chi connectivity index (χ4v) is 4.18. The summed E-state index contributed by atoms with van der Waals surface area (Å²) >= 11 is 0. The number of rotatable bonds is 10. The number of hydrogen-bond acceptors (Lipinski definition) is 6. The summed E-state index contributed by atoms with van der Waals surface area (Å²) in [6, 6.07) is 13.1. The highest BCUT2D eigenvalue weighted by Gasteiger charge is 2.26. The van der Waals surface area contributed by atoms with Crippen LogP contribution in [0.2, 0.25) is 0 Å². The minimum atomic E-state index is -0.539. The quantitative estimate of drug-likeness (QED) is 0.300. The standard InChI is InChI=1S/C27H36N2O6/c1-4-21-15-23(16-22(5-2)25(21)33-19-32-3)26(30)28-24-13-9-10-14-29(17-24)27(31)35-34-18-20-11-7-6-8-12-20/h6-8,11-12,15-16,24H,4-5,9-10,13-14,17-19H2,1-3H3,(H,28,30)/t24-/m1/s1. The predicted molar refractivity (Wildman–Crippen MR) is 132 cm³/mol. The zero-order valence-corrected chi connectivity index (χ0v) is 20.9. The first kappa shape index (κ1) is 26.5. The average Bonchev–Trinajstić information content (AvgIpc) is 3.13. The molecule has 0 aliphatic carbocycles. The molecule has 8 nitrogen and oxygen atoms in total. The van der Waals surface area contributed by atoms with Crippen molar-refractivity contribution in [1.29, 1.82) is 0 Å². The molecule has 0 spiro atoms. The predicted octanol–water partition coefficient (Wildman–Crippen LogP) is 4.65. The Bertz CT molecular complexity index is 940. The van der Waals surface area contributed by atoms with Crippen molar-refractivity contribution in [2.75, 3.05) is 27.0 Å². The van der Waals surface area contributed by atoms with Gasteiger partial charge in [0.25, 0.3) is 5.91 Å². The van der Waals surface area contributed by atoms with Crippen LogP contribution in [0.25, 0.3) is 0 Å². The van der Waals surface area contributed by atoms with E-state index >= 15 is 0 Å². The molecule has 0 aromatic heterocycles. The van der Waals surface area contributed by atoms with E-state index < -0.39 is 6.09 Å². The van der Waals surface area contributed by atoms with E-state index in [1.165, 1.54) is 0 Å². The summed E-state index contributed by atoms with van der Waals surface area (Å²) in [6.45, 7) is 5.34. The number of methoxy groups -OCH3 is 1. The number of carbonyl (C=O) groups excluding carboxylic acids is 2. The molecule has 8 heteroatoms. The summed E-state index contributed by atoms with van der Waals surface area (Å²) in [5, 5.41) is 3.11. The molecule has 2 aromatic rings. The van der Waals surface area contributed by atoms with Crippen molar-refractivity contribution in [3.05, 3.63) is 64.7 Å². The van der Waals surface area contributed by atoms with Crippen LogP contribution >= 0.6 is 0 Å². The van der Waals surface area contributed by atoms with Gasteiger partial charge >= 0.3 is 6.09 Å². The summed E-state index contributed by atoms with van der Waals surface area (Å²) in [5.41, 5.74) is 3.44. The molecular formula is C27H36N2O6. The van der Waals surface area contributed by atoms with Gasteiger partial charge in [-0.3, -0.25) is 9.68 Å². The van der Waals surface area contributed by atoms with Crippen LogP contribution in [-0.4, -0.2) is 49.9 Å². The van der Waals surface area contributed by atoms with E-state index in [9.17, 15) is 9.59 Å². The van der Waals surface area contributed by atoms with Gasteiger partial charge in [0.05, 0.1) is 0 Å². The zero-order chi connectivity index (χ0) is 25.0. The van der Waals surface area contributed by atoms with E-state index in [1.807, 2.05) is 56.3 Å². The summed E-state index contributed by atoms with van der Waals surface area (Å²) in [6.07, 6.45) is 3.47. The normalized spacial score (nSPS) is 15.9. The van der Waals surface area contributed by atoms with Gasteiger partial charge in [0, 0.05) is 31.8 Å². The Kier molecular flexibility index (Phi) is 10.4. The molecule has 3 rings (SSSR count). The monoisotopic (exact) mass is 484 g/mol. The maximum Gasteiger partial charge on any atom is 0.441 e. The minimum Gasteiger partial charge on any atom is -0.467 e. The summed E-state index contributed by atoms with van der Waals surface area (Å²) in [4.78, 5) is 37.5. The molecule has 0 saturated carbocycles. The first-order valence-corrected chi connectivity index (χ1v) is 12.3. The second-order valence-electron chi connectivity index (χ2n) is 8.59. The van der Waals surface area contributed by atoms with Crippen molar-refractivity contribution in [1.82, 2.24) is 10.2 Å². The van der Waals surface area contributed by atoms with Crippen LogP contribution < -0.4 is 10.1 Å². The average molecular weight is 485 g/mol. The molecule has 0 radical (unpaired) electrons. The number of ether oxygens (including phenoxy) is 2. The maximum absolute atomic E-state index is 13.2. The lowest BCUT2D eigenvalue weighted by molar-refractivity contribution is -0.255. The van der Waals surface area contributed by atoms with Gasteiger partial charge in [-0.15, -0.1) is 0 Å². The van der Waals surface area contributed by atoms with Crippen molar-refractivity contribution < 1.29 is 28.8 Å². The molecule has 190 valence electrons. The second kappa shape index (κ2) is 13.7. The second-order valence-corrected chi connectivity index (χ2v) is 8.59. The molecule has 2 aromatic carbocycles. The maximum atomic E-state index is 13.2. The molecule has 1 heterocycles. The van der Waals surface area contributed by atoms with Gasteiger partial charge in [0.15, 0.2) is 6.79 Å². The zero-order valence-electron chi connectivity index (χ0n) is 20.9. The van der Waals surface area contributed by atoms with Gasteiger partial charge in [-0.05, 0) is 60.9 Å². The third-order valence-electron chi connectivity index (χ3n) is 6.05. The van der Waals surface area contributed by atoms with Crippen molar-refractivity contribution in [2.24, 2.45) is 0 Å². The van der Waals surface area contributed by atoms with Crippen LogP contribution in [0.1, 0.15) is 60.2 Å². The first-order chi connectivity index (χ1) is 17.0. The minimum absolute atomic E-state index is 0.159. The molecule has 1 aliphatic heterocycles. The lowest BCUT2D eigenvalue weighted by Gasteiger charge is -2.24. The molecule has 0 bridgehead atoms. The Morgan fingerprint density at radius 2 is 1.77 bits per heavy atom. The molecule has 1 N–H and O–H groups in total. The Labute approximate surface area is 207 Å². The molecule has 0 unspecified atom stereocenters. The number of nitrogens with zero attached hydrogens (tertiary/aromatic N) is 1. The number of hydrogen-bond donors (Lipinski definition) is 1. The fourth-order valence-electron chi connectivity index (χ4n) is 4.18. The van der Waals surface area contributed by atoms with Crippen LogP contribution in [0.3, 0.4) is 0 Å². The number of amides is 2. The van der Waals surface area contributed by atoms with Gasteiger partial charge in [-0.25, -0.2) is 4.79 Å². The van der Waals surface area contributed by atoms with Crippen LogP contribution in [0.4, 0.5) is 4.79 Å². The van der Waals surface area contributed by atoms with E-state index in [2.05, 4.69) is 5.32 Å². The van der Waals surface area contributed by atoms with Gasteiger partial charge < -0.3 is 19.7 Å². The Morgan fingerprint density at radius 3 is 2.43 bits per heavy atom. The van der Waals surface area contributed by atoms with Gasteiger partial charge in [-0.2, -0.15) is 4.89 Å². The number of carbonyl (C=O) groups is 2. The first-order valence-electron chi connectivity index (χ1n) is 12.3. The smallest absolute Gasteiger partial charge is 0.441 e. The van der Waals surface area contributed by atoms with Crippen LogP contribution in [0, 0.1) is 0 Å². The highest BCUT2D eigenvalue weighted by Crippen LogP contribution is 2.28. The molecule has 35 heavy (non-hydrogen) atoms. The number of aryl methyl sites for hydroxylation is 2. The summed E-state index contributed by atoms with van der Waals surface area (Å²) in [5.74, 6) is 0.625. The Morgan fingerprint density at radius 1 is 1.06 bits per heavy atom. The molecule has 1 fully saturated rings. The summed E-state index contributed by atoms with van der Waals surface area (Å²) < 4.78 is 10.8. The Hall–Kier alpha value is -3.10. The molecule has 2 amide bonds. The van der Waals surface area contributed by atoms with Gasteiger partial charge in [0.2, 0.25) is 0 Å². The van der Waals surface area contributed by atoms with E-state index in [0.29, 0.717) is 18.7 Å². The van der Waals surface area contributed by atoms with E-state index in [0.717, 1.165) is 54.5 Å². The number of likely N-dealkylation sites (tertiary alicyclic amines) is 1. The lowest BCUT2D eigenvalue weighted by Crippen LogP contribution is -2.44. The van der Waals surface area contributed by atoms with Crippen LogP contribution in [-0.2, 0) is 34.0 Å². The van der Waals surface area contributed by atoms with Crippen LogP contribution in [0.15, 0.2) is 42.5 Å². The fraction of sp³-hybridized carbons (Fsp3) is 0.481. The SMILES string of the molecule is CCc1cc(C(=O)N[C@@H]2CCCCN(C(=O)OOCc3ccccc3)C2)cc(CC)c1OCOC. The largest absolute Gasteiger partial charge is 0.467 e. The highest BCUT2D eigenvalue weighted by atomic mass is 17.2. The van der Waals surface area contributed by atoms with Crippen molar-refractivity contribution >= 4 is 12.0 Å². The van der Waals surface area contributed by atoms with Gasteiger partial charge in [0.1, 0.15) is 12.4 Å².